The number of ether oxygens (including phenoxy) is 3. The molecule has 1 unspecified atom stereocenters. The molecule has 0 aromatic rings. The average molecular weight is 521 g/mol. The molecular weight excluding hydrogens is 472 g/mol. The van der Waals surface area contributed by atoms with Gasteiger partial charge in [-0.05, 0) is 103 Å². The number of carbonyl (C=O) groups is 3. The van der Waals surface area contributed by atoms with E-state index in [-0.39, 0.29) is 58.7 Å². The van der Waals surface area contributed by atoms with E-state index >= 15 is 0 Å². The van der Waals surface area contributed by atoms with E-state index in [1.54, 1.807) is 0 Å². The molecule has 4 fully saturated rings. The van der Waals surface area contributed by atoms with Crippen LogP contribution >= 0.6 is 0 Å². The Morgan fingerprint density at radius 1 is 0.946 bits per heavy atom. The molecule has 0 heterocycles. The van der Waals surface area contributed by atoms with Crippen LogP contribution in [0, 0.1) is 39.9 Å². The molecule has 1 N–H and O–H groups in total. The van der Waals surface area contributed by atoms with Crippen molar-refractivity contribution in [3.05, 3.63) is 0 Å². The standard InChI is InChI=1S/C30H48O7/c1-18(36-26(33)27(4,5)6)23-12-15-30(34)25-9-8-21-16-22(37-20(3)32)10-14-29(21,17-35-19(2)31)24(25)11-13-28(23,30)7/h18,21-25,34H,8-17H2,1-7H3/t18-,21?,22-,23+,24-,25+,28+,29+,30-/m0/s1. The van der Waals surface area contributed by atoms with E-state index in [4.69, 9.17) is 14.2 Å². The molecule has 0 spiro atoms. The average Bonchev–Trinajstić information content (AvgIpc) is 3.08. The number of hydrogen-bond acceptors (Lipinski definition) is 7. The van der Waals surface area contributed by atoms with Gasteiger partial charge in [0.25, 0.3) is 0 Å². The highest BCUT2D eigenvalue weighted by atomic mass is 16.5. The van der Waals surface area contributed by atoms with Crippen molar-refractivity contribution in [2.45, 2.75) is 124 Å². The van der Waals surface area contributed by atoms with Crippen LogP contribution in [-0.4, -0.2) is 47.4 Å². The Balaban J connectivity index is 1.60. The first kappa shape index (κ1) is 28.4. The summed E-state index contributed by atoms with van der Waals surface area (Å²) >= 11 is 0. The van der Waals surface area contributed by atoms with Gasteiger partial charge >= 0.3 is 17.9 Å². The highest BCUT2D eigenvalue weighted by Gasteiger charge is 2.69. The lowest BCUT2D eigenvalue weighted by atomic mass is 9.43. The van der Waals surface area contributed by atoms with Gasteiger partial charge in [0.15, 0.2) is 0 Å². The largest absolute Gasteiger partial charge is 0.465 e. The Labute approximate surface area is 222 Å². The smallest absolute Gasteiger partial charge is 0.311 e. The van der Waals surface area contributed by atoms with Crippen LogP contribution in [0.2, 0.25) is 0 Å². The molecule has 4 aliphatic carbocycles. The van der Waals surface area contributed by atoms with Gasteiger partial charge in [0.1, 0.15) is 12.2 Å². The Hall–Kier alpha value is -1.63. The highest BCUT2D eigenvalue weighted by Crippen LogP contribution is 2.69. The summed E-state index contributed by atoms with van der Waals surface area (Å²) in [7, 11) is 0. The molecular formula is C30H48O7. The molecule has 0 aliphatic heterocycles. The van der Waals surface area contributed by atoms with E-state index in [0.717, 1.165) is 51.4 Å². The summed E-state index contributed by atoms with van der Waals surface area (Å²) in [6, 6.07) is 0. The molecule has 9 atom stereocenters. The van der Waals surface area contributed by atoms with Crippen LogP contribution in [0.4, 0.5) is 0 Å². The van der Waals surface area contributed by atoms with E-state index in [1.165, 1.54) is 13.8 Å². The lowest BCUT2D eigenvalue weighted by molar-refractivity contribution is -0.230. The van der Waals surface area contributed by atoms with Crippen LogP contribution in [-0.2, 0) is 28.6 Å². The zero-order valence-electron chi connectivity index (χ0n) is 23.9. The topological polar surface area (TPSA) is 99.1 Å². The van der Waals surface area contributed by atoms with Gasteiger partial charge in [-0.25, -0.2) is 0 Å². The first-order valence-corrected chi connectivity index (χ1v) is 14.4. The van der Waals surface area contributed by atoms with E-state index < -0.39 is 11.0 Å². The number of carbonyl (C=O) groups excluding carboxylic acids is 3. The molecule has 37 heavy (non-hydrogen) atoms. The quantitative estimate of drug-likeness (QED) is 0.392. The summed E-state index contributed by atoms with van der Waals surface area (Å²) < 4.78 is 17.3. The Morgan fingerprint density at radius 3 is 2.27 bits per heavy atom. The second-order valence-corrected chi connectivity index (χ2v) is 13.9. The molecule has 0 radical (unpaired) electrons. The first-order valence-electron chi connectivity index (χ1n) is 14.4. The molecule has 0 bridgehead atoms. The number of aliphatic hydroxyl groups is 1. The zero-order valence-corrected chi connectivity index (χ0v) is 23.9. The normalized spacial score (nSPS) is 42.0. The molecule has 0 amide bonds. The van der Waals surface area contributed by atoms with Gasteiger partial charge in [0.05, 0.1) is 17.6 Å². The van der Waals surface area contributed by atoms with E-state index in [9.17, 15) is 19.5 Å². The number of fused-ring (bicyclic) bond motifs is 5. The molecule has 0 aromatic carbocycles. The van der Waals surface area contributed by atoms with Crippen molar-refractivity contribution in [1.82, 2.24) is 0 Å². The summed E-state index contributed by atoms with van der Waals surface area (Å²) in [5.41, 5.74) is -1.95. The van der Waals surface area contributed by atoms with Gasteiger partial charge in [-0.1, -0.05) is 6.92 Å². The molecule has 0 aromatic heterocycles. The Morgan fingerprint density at radius 2 is 1.65 bits per heavy atom. The lowest BCUT2D eigenvalue weighted by Crippen LogP contribution is -2.64. The monoisotopic (exact) mass is 520 g/mol. The van der Waals surface area contributed by atoms with Gasteiger partial charge in [-0.15, -0.1) is 0 Å². The molecule has 4 rings (SSSR count). The van der Waals surface area contributed by atoms with Crippen molar-refractivity contribution >= 4 is 17.9 Å². The summed E-state index contributed by atoms with van der Waals surface area (Å²) in [6.45, 7) is 13.1. The number of rotatable bonds is 5. The SMILES string of the molecule is CC(=O)OC[C@]12CC[C@H](OC(C)=O)CC1CC[C@@H]1[C@@H]2CC[C@]2(C)[C@@H]([C@H](C)OC(=O)C(C)(C)C)CC[C@]12O. The molecule has 210 valence electrons. The highest BCUT2D eigenvalue weighted by molar-refractivity contribution is 5.75. The maximum atomic E-state index is 12.7. The van der Waals surface area contributed by atoms with Gasteiger partial charge in [-0.3, -0.25) is 14.4 Å². The van der Waals surface area contributed by atoms with Crippen LogP contribution in [0.3, 0.4) is 0 Å². The van der Waals surface area contributed by atoms with Gasteiger partial charge in [-0.2, -0.15) is 0 Å². The fraction of sp³-hybridized carbons (Fsp3) is 0.900. The maximum absolute atomic E-state index is 12.7. The molecule has 0 saturated heterocycles. The van der Waals surface area contributed by atoms with Crippen LogP contribution in [0.25, 0.3) is 0 Å². The van der Waals surface area contributed by atoms with Crippen LogP contribution < -0.4 is 0 Å². The molecule has 4 aliphatic rings. The molecule has 4 saturated carbocycles. The third kappa shape index (κ3) is 4.83. The Kier molecular flexibility index (Phi) is 7.55. The van der Waals surface area contributed by atoms with Gasteiger partial charge in [0, 0.05) is 30.6 Å². The fourth-order valence-electron chi connectivity index (χ4n) is 9.06. The van der Waals surface area contributed by atoms with E-state index in [0.29, 0.717) is 18.9 Å². The van der Waals surface area contributed by atoms with Crippen LogP contribution in [0.15, 0.2) is 0 Å². The summed E-state index contributed by atoms with van der Waals surface area (Å²) in [5, 5.41) is 12.5. The van der Waals surface area contributed by atoms with Crippen molar-refractivity contribution in [1.29, 1.82) is 0 Å². The lowest BCUT2D eigenvalue weighted by Gasteiger charge is -2.64. The fourth-order valence-corrected chi connectivity index (χ4v) is 9.06. The minimum Gasteiger partial charge on any atom is -0.465 e. The zero-order chi connectivity index (χ0) is 27.4. The van der Waals surface area contributed by atoms with Gasteiger partial charge in [0.2, 0.25) is 0 Å². The Bertz CT molecular complexity index is 908. The third-order valence-corrected chi connectivity index (χ3v) is 10.9. The number of esters is 3. The van der Waals surface area contributed by atoms with Crippen molar-refractivity contribution in [2.75, 3.05) is 6.61 Å². The van der Waals surface area contributed by atoms with Crippen molar-refractivity contribution in [3.8, 4) is 0 Å². The summed E-state index contributed by atoms with van der Waals surface area (Å²) in [5.74, 6) is 0.0408. The van der Waals surface area contributed by atoms with Gasteiger partial charge < -0.3 is 19.3 Å². The van der Waals surface area contributed by atoms with Crippen LogP contribution in [0.5, 0.6) is 0 Å². The minimum absolute atomic E-state index is 0.0874. The van der Waals surface area contributed by atoms with Crippen molar-refractivity contribution < 1.29 is 33.7 Å². The second-order valence-electron chi connectivity index (χ2n) is 13.9. The van der Waals surface area contributed by atoms with Crippen molar-refractivity contribution in [3.63, 3.8) is 0 Å². The molecule has 7 heteroatoms. The van der Waals surface area contributed by atoms with Crippen molar-refractivity contribution in [2.24, 2.45) is 39.9 Å². The van der Waals surface area contributed by atoms with E-state index in [1.807, 2.05) is 27.7 Å². The first-order chi connectivity index (χ1) is 17.1. The summed E-state index contributed by atoms with van der Waals surface area (Å²) in [4.78, 5) is 36.2. The van der Waals surface area contributed by atoms with Crippen LogP contribution in [0.1, 0.15) is 106 Å². The maximum Gasteiger partial charge on any atom is 0.311 e. The number of hydrogen-bond donors (Lipinski definition) is 1. The predicted molar refractivity (Wildman–Crippen MR) is 138 cm³/mol. The minimum atomic E-state index is -0.843. The second kappa shape index (κ2) is 9.84. The summed E-state index contributed by atoms with van der Waals surface area (Å²) in [6.07, 6.45) is 7.24. The predicted octanol–water partition coefficient (Wildman–Crippen LogP) is 5.21. The van der Waals surface area contributed by atoms with E-state index in [2.05, 4.69) is 6.92 Å². The third-order valence-electron chi connectivity index (χ3n) is 10.9. The molecule has 7 nitrogen and oxygen atoms in total.